The highest BCUT2D eigenvalue weighted by molar-refractivity contribution is 5.83. The summed E-state index contributed by atoms with van der Waals surface area (Å²) in [5, 5.41) is 1.14. The van der Waals surface area contributed by atoms with Gasteiger partial charge in [0.05, 0.1) is 0 Å². The summed E-state index contributed by atoms with van der Waals surface area (Å²) in [6.45, 7) is -0.473. The van der Waals surface area contributed by atoms with Gasteiger partial charge in [0, 0.05) is 23.1 Å². The minimum atomic E-state index is -0.473. The lowest BCUT2D eigenvalue weighted by Gasteiger charge is -2.04. The third-order valence-corrected chi connectivity index (χ3v) is 2.36. The first-order chi connectivity index (χ1) is 6.81. The molecule has 3 heteroatoms. The predicted octanol–water partition coefficient (Wildman–Crippen LogP) is 2.01. The number of rotatable bonds is 3. The Morgan fingerprint density at radius 2 is 2.14 bits per heavy atom. The molecule has 2 rings (SSSR count). The lowest BCUT2D eigenvalue weighted by atomic mass is 10.1. The molecule has 0 amide bonds. The molecule has 0 radical (unpaired) electrons. The number of benzene rings is 1. The molecule has 1 aromatic carbocycles. The van der Waals surface area contributed by atoms with Gasteiger partial charge in [0.25, 0.3) is 0 Å². The topological polar surface area (TPSA) is 41.8 Å². The van der Waals surface area contributed by atoms with Gasteiger partial charge in [-0.2, -0.15) is 0 Å². The molecule has 1 aromatic heterocycles. The van der Waals surface area contributed by atoms with Gasteiger partial charge in [0.1, 0.15) is 6.67 Å². The average Bonchev–Trinajstić information content (AvgIpc) is 2.62. The lowest BCUT2D eigenvalue weighted by Crippen LogP contribution is -2.24. The number of hydrogen-bond acceptors (Lipinski definition) is 1. The normalized spacial score (nSPS) is 13.3. The fourth-order valence-corrected chi connectivity index (χ4v) is 1.64. The maximum absolute atomic E-state index is 12.2. The molecule has 3 N–H and O–H groups in total. The molecule has 74 valence electrons. The minimum Gasteiger partial charge on any atom is -0.361 e. The van der Waals surface area contributed by atoms with Crippen molar-refractivity contribution in [3.8, 4) is 0 Å². The number of nitrogens with one attached hydrogen (secondary N) is 1. The SMILES string of the molecule is N[C@@H](CF)Cc1c[nH]c2ccccc12. The summed E-state index contributed by atoms with van der Waals surface area (Å²) < 4.78 is 12.2. The molecule has 0 saturated carbocycles. The smallest absolute Gasteiger partial charge is 0.105 e. The van der Waals surface area contributed by atoms with Gasteiger partial charge >= 0.3 is 0 Å². The molecule has 0 fully saturated rings. The highest BCUT2D eigenvalue weighted by Gasteiger charge is 2.07. The second-order valence-corrected chi connectivity index (χ2v) is 3.48. The van der Waals surface area contributed by atoms with Gasteiger partial charge in [-0.25, -0.2) is 4.39 Å². The molecule has 1 heterocycles. The molecular formula is C11H13FN2. The van der Waals surface area contributed by atoms with Crippen molar-refractivity contribution in [1.82, 2.24) is 4.98 Å². The zero-order chi connectivity index (χ0) is 9.97. The Labute approximate surface area is 81.9 Å². The van der Waals surface area contributed by atoms with Crippen LogP contribution in [0.15, 0.2) is 30.5 Å². The van der Waals surface area contributed by atoms with Crippen LogP contribution in [0.25, 0.3) is 10.9 Å². The number of halogens is 1. The number of aromatic nitrogens is 1. The van der Waals surface area contributed by atoms with Gasteiger partial charge in [0.2, 0.25) is 0 Å². The van der Waals surface area contributed by atoms with Crippen LogP contribution < -0.4 is 5.73 Å². The largest absolute Gasteiger partial charge is 0.361 e. The van der Waals surface area contributed by atoms with E-state index in [9.17, 15) is 4.39 Å². The van der Waals surface area contributed by atoms with Gasteiger partial charge in [-0.1, -0.05) is 18.2 Å². The van der Waals surface area contributed by atoms with Crippen LogP contribution in [0.2, 0.25) is 0 Å². The third-order valence-electron chi connectivity index (χ3n) is 2.36. The van der Waals surface area contributed by atoms with Crippen LogP contribution in [0, 0.1) is 0 Å². The van der Waals surface area contributed by atoms with Crippen LogP contribution in [-0.2, 0) is 6.42 Å². The molecule has 1 atom stereocenters. The van der Waals surface area contributed by atoms with Crippen molar-refractivity contribution in [2.24, 2.45) is 5.73 Å². The molecule has 14 heavy (non-hydrogen) atoms. The van der Waals surface area contributed by atoms with Crippen LogP contribution >= 0.6 is 0 Å². The Morgan fingerprint density at radius 1 is 1.36 bits per heavy atom. The van der Waals surface area contributed by atoms with Gasteiger partial charge in [-0.15, -0.1) is 0 Å². The van der Waals surface area contributed by atoms with E-state index in [1.54, 1.807) is 0 Å². The molecule has 2 aromatic rings. The Hall–Kier alpha value is -1.35. The van der Waals surface area contributed by atoms with Crippen molar-refractivity contribution < 1.29 is 4.39 Å². The Morgan fingerprint density at radius 3 is 2.93 bits per heavy atom. The van der Waals surface area contributed by atoms with E-state index in [-0.39, 0.29) is 0 Å². The van der Waals surface area contributed by atoms with Crippen molar-refractivity contribution >= 4 is 10.9 Å². The number of H-pyrrole nitrogens is 1. The Balaban J connectivity index is 2.33. The fraction of sp³-hybridized carbons (Fsp3) is 0.273. The van der Waals surface area contributed by atoms with Crippen LogP contribution in [0.3, 0.4) is 0 Å². The Bertz CT molecular complexity index is 422. The standard InChI is InChI=1S/C11H13FN2/c12-6-9(13)5-8-7-14-11-4-2-1-3-10(8)11/h1-4,7,9,14H,5-6,13H2/t9-/m1/s1. The van der Waals surface area contributed by atoms with Crippen LogP contribution in [0.1, 0.15) is 5.56 Å². The number of aromatic amines is 1. The van der Waals surface area contributed by atoms with E-state index in [2.05, 4.69) is 4.98 Å². The maximum Gasteiger partial charge on any atom is 0.105 e. The summed E-state index contributed by atoms with van der Waals surface area (Å²) in [7, 11) is 0. The third kappa shape index (κ3) is 1.63. The van der Waals surface area contributed by atoms with Crippen molar-refractivity contribution in [2.75, 3.05) is 6.67 Å². The van der Waals surface area contributed by atoms with Crippen molar-refractivity contribution in [1.29, 1.82) is 0 Å². The fourth-order valence-electron chi connectivity index (χ4n) is 1.64. The molecule has 2 nitrogen and oxygen atoms in total. The van der Waals surface area contributed by atoms with Gasteiger partial charge < -0.3 is 10.7 Å². The molecule has 0 unspecified atom stereocenters. The summed E-state index contributed by atoms with van der Waals surface area (Å²) in [6, 6.07) is 7.57. The maximum atomic E-state index is 12.2. The van der Waals surface area contributed by atoms with Crippen LogP contribution in [0.4, 0.5) is 4.39 Å². The molecule has 0 spiro atoms. The summed E-state index contributed by atoms with van der Waals surface area (Å²) in [4.78, 5) is 3.14. The quantitative estimate of drug-likeness (QED) is 0.767. The number of para-hydroxylation sites is 1. The lowest BCUT2D eigenvalue weighted by molar-refractivity contribution is 0.427. The van der Waals surface area contributed by atoms with Crippen molar-refractivity contribution in [3.63, 3.8) is 0 Å². The first-order valence-electron chi connectivity index (χ1n) is 4.68. The monoisotopic (exact) mass is 192 g/mol. The molecule has 0 aliphatic carbocycles. The zero-order valence-corrected chi connectivity index (χ0v) is 7.83. The number of alkyl halides is 1. The number of nitrogens with two attached hydrogens (primary N) is 1. The van der Waals surface area contributed by atoms with E-state index in [0.717, 1.165) is 16.5 Å². The van der Waals surface area contributed by atoms with Gasteiger partial charge in [0.15, 0.2) is 0 Å². The summed E-state index contributed by atoms with van der Waals surface area (Å²) in [5.41, 5.74) is 7.73. The van der Waals surface area contributed by atoms with E-state index in [4.69, 9.17) is 5.73 Å². The van der Waals surface area contributed by atoms with E-state index >= 15 is 0 Å². The average molecular weight is 192 g/mol. The van der Waals surface area contributed by atoms with Gasteiger partial charge in [-0.3, -0.25) is 0 Å². The van der Waals surface area contributed by atoms with E-state index in [0.29, 0.717) is 6.42 Å². The van der Waals surface area contributed by atoms with Gasteiger partial charge in [-0.05, 0) is 18.1 Å². The Kier molecular flexibility index (Phi) is 2.50. The first-order valence-corrected chi connectivity index (χ1v) is 4.68. The molecular weight excluding hydrogens is 179 g/mol. The van der Waals surface area contributed by atoms with E-state index in [1.807, 2.05) is 30.5 Å². The zero-order valence-electron chi connectivity index (χ0n) is 7.83. The molecule has 0 aliphatic heterocycles. The van der Waals surface area contributed by atoms with Crippen LogP contribution in [-0.4, -0.2) is 17.7 Å². The number of fused-ring (bicyclic) bond motifs is 1. The summed E-state index contributed by atoms with van der Waals surface area (Å²) in [5.74, 6) is 0. The van der Waals surface area contributed by atoms with E-state index < -0.39 is 12.7 Å². The summed E-state index contributed by atoms with van der Waals surface area (Å²) in [6.07, 6.45) is 2.49. The summed E-state index contributed by atoms with van der Waals surface area (Å²) >= 11 is 0. The van der Waals surface area contributed by atoms with Crippen LogP contribution in [0.5, 0.6) is 0 Å². The molecule has 0 aliphatic rings. The van der Waals surface area contributed by atoms with Crippen molar-refractivity contribution in [3.05, 3.63) is 36.0 Å². The highest BCUT2D eigenvalue weighted by Crippen LogP contribution is 2.18. The molecule has 0 bridgehead atoms. The van der Waals surface area contributed by atoms with E-state index in [1.165, 1.54) is 0 Å². The predicted molar refractivity (Wildman–Crippen MR) is 56.0 cm³/mol. The minimum absolute atomic E-state index is 0.394. The molecule has 0 saturated heterocycles. The number of hydrogen-bond donors (Lipinski definition) is 2. The second-order valence-electron chi connectivity index (χ2n) is 3.48. The van der Waals surface area contributed by atoms with Crippen molar-refractivity contribution in [2.45, 2.75) is 12.5 Å². The first kappa shape index (κ1) is 9.21. The second kappa shape index (κ2) is 3.80. The highest BCUT2D eigenvalue weighted by atomic mass is 19.1.